The lowest BCUT2D eigenvalue weighted by Gasteiger charge is -2.30. The average Bonchev–Trinajstić information content (AvgIpc) is 3.47. The smallest absolute Gasteiger partial charge is 0.240 e. The zero-order chi connectivity index (χ0) is 32.5. The van der Waals surface area contributed by atoms with Crippen LogP contribution in [0.4, 0.5) is 5.69 Å². The van der Waals surface area contributed by atoms with Crippen molar-refractivity contribution in [3.05, 3.63) is 115 Å². The molecule has 0 saturated carbocycles. The molecule has 0 radical (unpaired) electrons. The second-order valence-electron chi connectivity index (χ2n) is 12.2. The maximum Gasteiger partial charge on any atom is 0.240 e. The zero-order valence-corrected chi connectivity index (χ0v) is 27.0. The molecule has 1 amide bonds. The van der Waals surface area contributed by atoms with Crippen LogP contribution < -0.4 is 4.90 Å². The predicted molar refractivity (Wildman–Crippen MR) is 187 cm³/mol. The van der Waals surface area contributed by atoms with Gasteiger partial charge in [0, 0.05) is 59.4 Å². The maximum atomic E-state index is 13.2. The van der Waals surface area contributed by atoms with E-state index in [1.165, 1.54) is 0 Å². The number of nitrogens with zero attached hydrogens (tertiary/aromatic N) is 3. The van der Waals surface area contributed by atoms with Crippen LogP contribution >= 0.6 is 0 Å². The first kappa shape index (κ1) is 30.8. The number of aromatic nitrogens is 2. The summed E-state index contributed by atoms with van der Waals surface area (Å²) in [4.78, 5) is 25.4. The number of hydrogen-bond donors (Lipinski definition) is 2. The number of piperidine rings is 1. The van der Waals surface area contributed by atoms with Crippen molar-refractivity contribution in [2.45, 2.75) is 29.6 Å². The van der Waals surface area contributed by atoms with Crippen molar-refractivity contribution < 1.29 is 18.3 Å². The van der Waals surface area contributed by atoms with E-state index in [1.54, 1.807) is 36.2 Å². The fourth-order valence-corrected chi connectivity index (χ4v) is 7.79. The van der Waals surface area contributed by atoms with E-state index < -0.39 is 9.84 Å². The number of carbonyl (C=O) groups is 1. The van der Waals surface area contributed by atoms with Gasteiger partial charge in [-0.1, -0.05) is 66.7 Å². The molecule has 8 nitrogen and oxygen atoms in total. The number of aromatic amines is 1. The number of carbonyl (C=O) groups excluding carboxylic acids is 1. The van der Waals surface area contributed by atoms with Crippen LogP contribution in [-0.2, 0) is 20.4 Å². The molecule has 0 spiro atoms. The minimum absolute atomic E-state index is 0.00563. The fraction of sp³-hybridized carbons (Fsp3) is 0.211. The van der Waals surface area contributed by atoms with E-state index in [2.05, 4.69) is 22.0 Å². The van der Waals surface area contributed by atoms with Gasteiger partial charge in [-0.3, -0.25) is 9.69 Å². The van der Waals surface area contributed by atoms with Crippen molar-refractivity contribution >= 4 is 43.4 Å². The number of amides is 1. The van der Waals surface area contributed by atoms with Gasteiger partial charge in [-0.05, 0) is 65.9 Å². The van der Waals surface area contributed by atoms with Crippen molar-refractivity contribution in [1.29, 1.82) is 0 Å². The van der Waals surface area contributed by atoms with Gasteiger partial charge in [-0.15, -0.1) is 0 Å². The standard InChI is InChI=1S/C38H36N4O4S/c1-41(35(44)24-42-20-18-30(43)19-21-42)29-15-13-27(14-16-29)33-23-39-38-37(36(33)28-8-4-2-5-9-28)32-22-26(12-17-34(32)40-38)25-47(45,46)31-10-6-3-7-11-31/h2-17,22-23,30,43H,18-21,24-25H2,1H3,(H,39,40). The summed E-state index contributed by atoms with van der Waals surface area (Å²) >= 11 is 0. The summed E-state index contributed by atoms with van der Waals surface area (Å²) in [5.74, 6) is -0.105. The molecule has 0 atom stereocenters. The van der Waals surface area contributed by atoms with E-state index in [-0.39, 0.29) is 17.8 Å². The molecule has 7 rings (SSSR count). The molecule has 0 unspecified atom stereocenters. The monoisotopic (exact) mass is 644 g/mol. The largest absolute Gasteiger partial charge is 0.393 e. The Balaban J connectivity index is 1.26. The number of pyridine rings is 1. The van der Waals surface area contributed by atoms with Crippen molar-refractivity contribution in [2.24, 2.45) is 0 Å². The molecule has 238 valence electrons. The number of aliphatic hydroxyl groups is 1. The number of hydrogen-bond acceptors (Lipinski definition) is 6. The summed E-state index contributed by atoms with van der Waals surface area (Å²) in [5, 5.41) is 11.6. The molecule has 0 bridgehead atoms. The minimum Gasteiger partial charge on any atom is -0.393 e. The molecular formula is C38H36N4O4S. The van der Waals surface area contributed by atoms with Gasteiger partial charge >= 0.3 is 0 Å². The number of benzene rings is 4. The number of likely N-dealkylation sites (tertiary alicyclic amines) is 1. The number of nitrogens with one attached hydrogen (secondary N) is 1. The Labute approximate surface area is 274 Å². The molecule has 4 aromatic carbocycles. The third kappa shape index (κ3) is 6.30. The van der Waals surface area contributed by atoms with Crippen LogP contribution in [0.2, 0.25) is 0 Å². The highest BCUT2D eigenvalue weighted by atomic mass is 32.2. The molecule has 2 aromatic heterocycles. The second kappa shape index (κ2) is 12.8. The van der Waals surface area contributed by atoms with Crippen molar-refractivity contribution in [3.8, 4) is 22.3 Å². The first-order valence-electron chi connectivity index (χ1n) is 15.8. The number of likely N-dealkylation sites (N-methyl/N-ethyl adjacent to an activating group) is 1. The number of rotatable bonds is 8. The Hall–Kier alpha value is -4.83. The molecule has 1 aliphatic heterocycles. The van der Waals surface area contributed by atoms with Crippen LogP contribution in [0.15, 0.2) is 114 Å². The molecule has 9 heteroatoms. The summed E-state index contributed by atoms with van der Waals surface area (Å²) in [6.45, 7) is 1.75. The molecule has 1 aliphatic rings. The minimum atomic E-state index is -3.53. The summed E-state index contributed by atoms with van der Waals surface area (Å²) in [6.07, 6.45) is 2.98. The van der Waals surface area contributed by atoms with E-state index >= 15 is 0 Å². The van der Waals surface area contributed by atoms with Crippen LogP contribution in [0.1, 0.15) is 18.4 Å². The quantitative estimate of drug-likeness (QED) is 0.198. The summed E-state index contributed by atoms with van der Waals surface area (Å²) in [7, 11) is -1.73. The van der Waals surface area contributed by atoms with Gasteiger partial charge in [0.05, 0.1) is 23.3 Å². The van der Waals surface area contributed by atoms with Crippen LogP contribution in [0.5, 0.6) is 0 Å². The van der Waals surface area contributed by atoms with Gasteiger partial charge in [0.2, 0.25) is 5.91 Å². The van der Waals surface area contributed by atoms with E-state index in [9.17, 15) is 18.3 Å². The lowest BCUT2D eigenvalue weighted by molar-refractivity contribution is -0.120. The van der Waals surface area contributed by atoms with Crippen molar-refractivity contribution in [2.75, 3.05) is 31.6 Å². The molecule has 6 aromatic rings. The Morgan fingerprint density at radius 3 is 2.30 bits per heavy atom. The van der Waals surface area contributed by atoms with E-state index in [0.717, 1.165) is 63.0 Å². The first-order valence-corrected chi connectivity index (χ1v) is 17.5. The highest BCUT2D eigenvalue weighted by Crippen LogP contribution is 2.41. The molecule has 3 heterocycles. The van der Waals surface area contributed by atoms with Gasteiger partial charge in [-0.2, -0.15) is 0 Å². The van der Waals surface area contributed by atoms with E-state index in [4.69, 9.17) is 4.98 Å². The summed E-state index contributed by atoms with van der Waals surface area (Å²) in [5.41, 5.74) is 6.98. The average molecular weight is 645 g/mol. The van der Waals surface area contributed by atoms with Crippen LogP contribution in [0.3, 0.4) is 0 Å². The summed E-state index contributed by atoms with van der Waals surface area (Å²) in [6, 6.07) is 32.3. The van der Waals surface area contributed by atoms with Gasteiger partial charge < -0.3 is 15.0 Å². The SMILES string of the molecule is CN(C(=O)CN1CCC(O)CC1)c1ccc(-c2cnc3[nH]c4ccc(CS(=O)(=O)c5ccccc5)cc4c3c2-c2ccccc2)cc1. The number of fused-ring (bicyclic) bond motifs is 3. The van der Waals surface area contributed by atoms with Gasteiger partial charge in [-0.25, -0.2) is 13.4 Å². The highest BCUT2D eigenvalue weighted by molar-refractivity contribution is 7.90. The number of anilines is 1. The number of H-pyrrole nitrogens is 1. The maximum absolute atomic E-state index is 13.2. The van der Waals surface area contributed by atoms with Crippen LogP contribution in [-0.4, -0.2) is 67.1 Å². The molecule has 2 N–H and O–H groups in total. The van der Waals surface area contributed by atoms with Gasteiger partial charge in [0.15, 0.2) is 9.84 Å². The van der Waals surface area contributed by atoms with Crippen molar-refractivity contribution in [3.63, 3.8) is 0 Å². The third-order valence-corrected chi connectivity index (χ3v) is 10.8. The van der Waals surface area contributed by atoms with Gasteiger partial charge in [0.25, 0.3) is 0 Å². The highest BCUT2D eigenvalue weighted by Gasteiger charge is 2.22. The van der Waals surface area contributed by atoms with Crippen LogP contribution in [0, 0.1) is 0 Å². The molecule has 1 saturated heterocycles. The second-order valence-corrected chi connectivity index (χ2v) is 14.2. The number of sulfone groups is 1. The Kier molecular flexibility index (Phi) is 8.36. The fourth-order valence-electron chi connectivity index (χ4n) is 6.43. The van der Waals surface area contributed by atoms with E-state index in [0.29, 0.717) is 29.8 Å². The molecule has 0 aliphatic carbocycles. The Morgan fingerprint density at radius 1 is 0.915 bits per heavy atom. The summed E-state index contributed by atoms with van der Waals surface area (Å²) < 4.78 is 26.5. The molecule has 47 heavy (non-hydrogen) atoms. The third-order valence-electron chi connectivity index (χ3n) is 9.06. The van der Waals surface area contributed by atoms with Crippen molar-refractivity contribution in [1.82, 2.24) is 14.9 Å². The normalized spacial score (nSPS) is 14.5. The first-order chi connectivity index (χ1) is 22.8. The van der Waals surface area contributed by atoms with Crippen LogP contribution in [0.25, 0.3) is 44.2 Å². The number of aliphatic hydroxyl groups excluding tert-OH is 1. The topological polar surface area (TPSA) is 107 Å². The van der Waals surface area contributed by atoms with Gasteiger partial charge in [0.1, 0.15) is 5.65 Å². The lowest BCUT2D eigenvalue weighted by atomic mass is 9.92. The lowest BCUT2D eigenvalue weighted by Crippen LogP contribution is -2.43. The molecule has 1 fully saturated rings. The molecular weight excluding hydrogens is 609 g/mol. The zero-order valence-electron chi connectivity index (χ0n) is 26.1. The van der Waals surface area contributed by atoms with E-state index in [1.807, 2.05) is 72.9 Å². The predicted octanol–water partition coefficient (Wildman–Crippen LogP) is 6.44. The Bertz CT molecular complexity index is 2160. The Morgan fingerprint density at radius 2 is 1.60 bits per heavy atom.